The SMILES string of the molecule is COc1ccc(N2C(=O)NC(=O)/C(=C\c3cc(Cl)c(O)c(Cl)c3)C2=O)cc1. The Morgan fingerprint density at radius 3 is 2.22 bits per heavy atom. The topological polar surface area (TPSA) is 95.9 Å². The van der Waals surface area contributed by atoms with E-state index in [1.807, 2.05) is 0 Å². The highest BCUT2D eigenvalue weighted by atomic mass is 35.5. The van der Waals surface area contributed by atoms with Gasteiger partial charge < -0.3 is 9.84 Å². The molecule has 2 aromatic rings. The highest BCUT2D eigenvalue weighted by Crippen LogP contribution is 2.34. The van der Waals surface area contributed by atoms with Gasteiger partial charge in [0, 0.05) is 0 Å². The van der Waals surface area contributed by atoms with Gasteiger partial charge in [-0.05, 0) is 48.0 Å². The first kappa shape index (κ1) is 18.8. The van der Waals surface area contributed by atoms with Crippen molar-refractivity contribution in [3.63, 3.8) is 0 Å². The summed E-state index contributed by atoms with van der Waals surface area (Å²) >= 11 is 11.7. The lowest BCUT2D eigenvalue weighted by molar-refractivity contribution is -0.122. The molecule has 0 aliphatic carbocycles. The molecule has 1 fully saturated rings. The Hall–Kier alpha value is -3.03. The fourth-order valence-corrected chi connectivity index (χ4v) is 2.96. The number of anilines is 1. The van der Waals surface area contributed by atoms with E-state index in [9.17, 15) is 19.5 Å². The summed E-state index contributed by atoms with van der Waals surface area (Å²) in [4.78, 5) is 37.9. The maximum Gasteiger partial charge on any atom is 0.335 e. The average molecular weight is 407 g/mol. The molecule has 27 heavy (non-hydrogen) atoms. The van der Waals surface area contributed by atoms with Crippen molar-refractivity contribution in [2.75, 3.05) is 12.0 Å². The van der Waals surface area contributed by atoms with Crippen LogP contribution in [0.3, 0.4) is 0 Å². The van der Waals surface area contributed by atoms with Crippen molar-refractivity contribution >= 4 is 52.8 Å². The van der Waals surface area contributed by atoms with Crippen molar-refractivity contribution in [1.29, 1.82) is 0 Å². The number of amides is 4. The number of hydrogen-bond donors (Lipinski definition) is 2. The molecular weight excluding hydrogens is 395 g/mol. The summed E-state index contributed by atoms with van der Waals surface area (Å²) in [6.45, 7) is 0. The van der Waals surface area contributed by atoms with Crippen LogP contribution in [0.1, 0.15) is 5.56 Å². The zero-order valence-electron chi connectivity index (χ0n) is 13.8. The largest absolute Gasteiger partial charge is 0.505 e. The van der Waals surface area contributed by atoms with Crippen LogP contribution < -0.4 is 15.0 Å². The molecule has 1 aliphatic heterocycles. The molecule has 0 saturated carbocycles. The minimum atomic E-state index is -0.867. The molecule has 3 rings (SSSR count). The summed E-state index contributed by atoms with van der Waals surface area (Å²) in [6, 6.07) is 7.99. The lowest BCUT2D eigenvalue weighted by atomic mass is 10.1. The van der Waals surface area contributed by atoms with Gasteiger partial charge in [-0.3, -0.25) is 14.9 Å². The van der Waals surface area contributed by atoms with Gasteiger partial charge in [-0.25, -0.2) is 9.69 Å². The standard InChI is InChI=1S/C18H12Cl2N2O5/c1-27-11-4-2-10(3-5-11)22-17(25)12(16(24)21-18(22)26)6-9-7-13(19)15(23)14(20)8-9/h2-8,23H,1H3,(H,21,24,26)/b12-6+. The molecule has 7 nitrogen and oxygen atoms in total. The van der Waals surface area contributed by atoms with Crippen molar-refractivity contribution in [3.05, 3.63) is 57.6 Å². The monoisotopic (exact) mass is 406 g/mol. The number of benzene rings is 2. The zero-order valence-corrected chi connectivity index (χ0v) is 15.3. The van der Waals surface area contributed by atoms with Crippen LogP contribution in [0.15, 0.2) is 42.0 Å². The van der Waals surface area contributed by atoms with Crippen molar-refractivity contribution in [2.24, 2.45) is 0 Å². The van der Waals surface area contributed by atoms with Crippen LogP contribution in [0.25, 0.3) is 6.08 Å². The minimum Gasteiger partial charge on any atom is -0.505 e. The normalized spacial score (nSPS) is 15.9. The van der Waals surface area contributed by atoms with Crippen molar-refractivity contribution < 1.29 is 24.2 Å². The predicted octanol–water partition coefficient (Wildman–Crippen LogP) is 3.37. The Balaban J connectivity index is 2.01. The van der Waals surface area contributed by atoms with Gasteiger partial charge in [0.1, 0.15) is 11.3 Å². The summed E-state index contributed by atoms with van der Waals surface area (Å²) in [6.07, 6.45) is 1.23. The van der Waals surface area contributed by atoms with E-state index in [4.69, 9.17) is 27.9 Å². The number of aromatic hydroxyl groups is 1. The Morgan fingerprint density at radius 1 is 1.07 bits per heavy atom. The number of hydrogen-bond acceptors (Lipinski definition) is 5. The van der Waals surface area contributed by atoms with E-state index < -0.39 is 17.8 Å². The molecule has 0 aromatic heterocycles. The molecule has 1 heterocycles. The van der Waals surface area contributed by atoms with Crippen LogP contribution in [0.5, 0.6) is 11.5 Å². The number of barbiturate groups is 1. The number of carbonyl (C=O) groups excluding carboxylic acids is 3. The zero-order chi connectivity index (χ0) is 19.7. The Morgan fingerprint density at radius 2 is 1.67 bits per heavy atom. The van der Waals surface area contributed by atoms with E-state index in [-0.39, 0.29) is 27.1 Å². The van der Waals surface area contributed by atoms with E-state index in [0.717, 1.165) is 4.90 Å². The number of ether oxygens (including phenoxy) is 1. The van der Waals surface area contributed by atoms with E-state index in [1.54, 1.807) is 12.1 Å². The van der Waals surface area contributed by atoms with Gasteiger partial charge >= 0.3 is 6.03 Å². The second kappa shape index (κ2) is 7.30. The summed E-state index contributed by atoms with van der Waals surface area (Å²) in [7, 11) is 1.49. The van der Waals surface area contributed by atoms with Gasteiger partial charge in [0.25, 0.3) is 11.8 Å². The third kappa shape index (κ3) is 3.60. The molecule has 0 unspecified atom stereocenters. The molecule has 4 amide bonds. The first-order chi connectivity index (χ1) is 12.8. The summed E-state index contributed by atoms with van der Waals surface area (Å²) in [5.41, 5.74) is 0.284. The van der Waals surface area contributed by atoms with Gasteiger partial charge in [0.05, 0.1) is 22.8 Å². The van der Waals surface area contributed by atoms with Crippen molar-refractivity contribution in [1.82, 2.24) is 5.32 Å². The molecule has 9 heteroatoms. The lowest BCUT2D eigenvalue weighted by Gasteiger charge is -2.26. The molecule has 0 spiro atoms. The van der Waals surface area contributed by atoms with Crippen LogP contribution in [-0.4, -0.2) is 30.1 Å². The number of rotatable bonds is 3. The number of nitrogens with zero attached hydrogens (tertiary/aromatic N) is 1. The average Bonchev–Trinajstić information content (AvgIpc) is 2.63. The Kier molecular flexibility index (Phi) is 5.07. The summed E-state index contributed by atoms with van der Waals surface area (Å²) in [5, 5.41) is 11.6. The molecule has 2 aromatic carbocycles. The van der Waals surface area contributed by atoms with Crippen LogP contribution in [-0.2, 0) is 9.59 Å². The number of imide groups is 2. The second-order valence-corrected chi connectivity index (χ2v) is 6.30. The molecule has 1 saturated heterocycles. The van der Waals surface area contributed by atoms with Crippen LogP contribution in [0.2, 0.25) is 10.0 Å². The van der Waals surface area contributed by atoms with Gasteiger partial charge in [0.15, 0.2) is 5.75 Å². The maximum atomic E-state index is 12.8. The molecule has 0 radical (unpaired) electrons. The first-order valence-electron chi connectivity index (χ1n) is 7.55. The number of methoxy groups -OCH3 is 1. The number of nitrogens with one attached hydrogen (secondary N) is 1. The third-order valence-electron chi connectivity index (χ3n) is 3.78. The first-order valence-corrected chi connectivity index (χ1v) is 8.31. The van der Waals surface area contributed by atoms with Crippen LogP contribution >= 0.6 is 23.2 Å². The van der Waals surface area contributed by atoms with Crippen LogP contribution in [0, 0.1) is 0 Å². The smallest absolute Gasteiger partial charge is 0.335 e. The van der Waals surface area contributed by atoms with Gasteiger partial charge in [-0.15, -0.1) is 0 Å². The molecular formula is C18H12Cl2N2O5. The number of halogens is 2. The van der Waals surface area contributed by atoms with Gasteiger partial charge in [-0.1, -0.05) is 23.2 Å². The minimum absolute atomic E-state index is 0.0406. The maximum absolute atomic E-state index is 12.8. The molecule has 2 N–H and O–H groups in total. The molecule has 1 aliphatic rings. The molecule has 0 bridgehead atoms. The lowest BCUT2D eigenvalue weighted by Crippen LogP contribution is -2.54. The van der Waals surface area contributed by atoms with E-state index >= 15 is 0 Å². The predicted molar refractivity (Wildman–Crippen MR) is 100 cm³/mol. The number of phenolic OH excluding ortho intramolecular Hbond substituents is 1. The van der Waals surface area contributed by atoms with Gasteiger partial charge in [-0.2, -0.15) is 0 Å². The Bertz CT molecular complexity index is 963. The third-order valence-corrected chi connectivity index (χ3v) is 4.36. The molecule has 138 valence electrons. The second-order valence-electron chi connectivity index (χ2n) is 5.49. The van der Waals surface area contributed by atoms with E-state index in [0.29, 0.717) is 11.3 Å². The summed E-state index contributed by atoms with van der Waals surface area (Å²) in [5.74, 6) is -1.43. The fraction of sp³-hybridized carbons (Fsp3) is 0.0556. The van der Waals surface area contributed by atoms with Crippen LogP contribution in [0.4, 0.5) is 10.5 Å². The van der Waals surface area contributed by atoms with Crippen molar-refractivity contribution in [2.45, 2.75) is 0 Å². The van der Waals surface area contributed by atoms with Crippen molar-refractivity contribution in [3.8, 4) is 11.5 Å². The fourth-order valence-electron chi connectivity index (χ4n) is 2.46. The highest BCUT2D eigenvalue weighted by molar-refractivity contribution is 6.40. The molecule has 0 atom stereocenters. The van der Waals surface area contributed by atoms with Gasteiger partial charge in [0.2, 0.25) is 0 Å². The Labute approximate surface area is 163 Å². The van der Waals surface area contributed by atoms with E-state index in [1.165, 1.54) is 37.5 Å². The number of carbonyl (C=O) groups is 3. The highest BCUT2D eigenvalue weighted by Gasteiger charge is 2.36. The quantitative estimate of drug-likeness (QED) is 0.601. The summed E-state index contributed by atoms with van der Waals surface area (Å²) < 4.78 is 5.04. The van der Waals surface area contributed by atoms with E-state index in [2.05, 4.69) is 5.32 Å². The number of urea groups is 1. The number of phenols is 1.